The first kappa shape index (κ1) is 36.9. The second kappa shape index (κ2) is 16.6. The summed E-state index contributed by atoms with van der Waals surface area (Å²) in [4.78, 5) is 0. The molecule has 3 heteroatoms. The molecule has 0 bridgehead atoms. The van der Waals surface area contributed by atoms with Crippen molar-refractivity contribution < 1.29 is 0 Å². The first-order chi connectivity index (χ1) is 23.6. The van der Waals surface area contributed by atoms with Crippen molar-refractivity contribution in [2.45, 2.75) is 102 Å². The third kappa shape index (κ3) is 7.56. The van der Waals surface area contributed by atoms with Gasteiger partial charge in [-0.2, -0.15) is 0 Å². The molecule has 0 saturated heterocycles. The van der Waals surface area contributed by atoms with E-state index in [9.17, 15) is 0 Å². The van der Waals surface area contributed by atoms with Crippen LogP contribution in [0.2, 0.25) is 21.9 Å². The van der Waals surface area contributed by atoms with Gasteiger partial charge in [0.2, 0.25) is 0 Å². The molecule has 49 heavy (non-hydrogen) atoms. The second-order valence-corrected chi connectivity index (χ2v) is 24.6. The zero-order valence-corrected chi connectivity index (χ0v) is 34.4. The number of hydrogen-bond donors (Lipinski definition) is 0. The van der Waals surface area contributed by atoms with E-state index in [2.05, 4.69) is 199 Å². The Morgan fingerprint density at radius 2 is 0.776 bits per heavy atom. The molecule has 5 aromatic carbocycles. The van der Waals surface area contributed by atoms with Crippen LogP contribution in [0.15, 0.2) is 133 Å². The molecule has 2 radical (unpaired) electrons. The van der Waals surface area contributed by atoms with Crippen molar-refractivity contribution in [1.29, 1.82) is 0 Å². The Kier molecular flexibility index (Phi) is 12.5. The van der Waals surface area contributed by atoms with Crippen LogP contribution in [-0.2, 0) is 0 Å². The van der Waals surface area contributed by atoms with Gasteiger partial charge in [0.05, 0.1) is 0 Å². The first-order valence-corrected chi connectivity index (χ1v) is 23.1. The fraction of sp³-hybridized carbons (Fsp3) is 0.348. The van der Waals surface area contributed by atoms with Crippen molar-refractivity contribution in [2.24, 2.45) is 0 Å². The summed E-state index contributed by atoms with van der Waals surface area (Å²) < 4.78 is 3.18. The van der Waals surface area contributed by atoms with Gasteiger partial charge < -0.3 is 0 Å². The van der Waals surface area contributed by atoms with Gasteiger partial charge in [-0.1, -0.05) is 0 Å². The summed E-state index contributed by atoms with van der Waals surface area (Å²) >= 11 is -0.487. The van der Waals surface area contributed by atoms with E-state index in [4.69, 9.17) is 0 Å². The predicted molar refractivity (Wildman–Crippen MR) is 218 cm³/mol. The van der Waals surface area contributed by atoms with E-state index in [1.165, 1.54) is 49.9 Å². The van der Waals surface area contributed by atoms with E-state index < -0.39 is 23.9 Å². The minimum atomic E-state index is -2.13. The van der Waals surface area contributed by atoms with Crippen LogP contribution in [0, 0.1) is 0 Å². The topological polar surface area (TPSA) is 3.24 Å². The second-order valence-electron chi connectivity index (χ2n) is 14.9. The van der Waals surface area contributed by atoms with Gasteiger partial charge in [-0.3, -0.25) is 0 Å². The predicted octanol–water partition coefficient (Wildman–Crippen LogP) is 13.2. The fourth-order valence-corrected chi connectivity index (χ4v) is 24.2. The molecule has 0 aromatic heterocycles. The molecule has 0 aliphatic heterocycles. The molecule has 0 heterocycles. The zero-order valence-electron chi connectivity index (χ0n) is 31.3. The Balaban J connectivity index is 2.04. The zero-order chi connectivity index (χ0) is 35.1. The van der Waals surface area contributed by atoms with Crippen LogP contribution in [0.1, 0.15) is 119 Å². The van der Waals surface area contributed by atoms with Crippen LogP contribution in [0.3, 0.4) is 0 Å². The summed E-state index contributed by atoms with van der Waals surface area (Å²) in [5.41, 5.74) is 13.2. The maximum atomic E-state index is 3.18. The van der Waals surface area contributed by atoms with Crippen LogP contribution < -0.4 is 3.52 Å². The Morgan fingerprint density at radius 1 is 0.469 bits per heavy atom. The van der Waals surface area contributed by atoms with Gasteiger partial charge in [0.15, 0.2) is 0 Å². The van der Waals surface area contributed by atoms with Crippen molar-refractivity contribution >= 4 is 29.6 Å². The third-order valence-electron chi connectivity index (χ3n) is 10.7. The van der Waals surface area contributed by atoms with Gasteiger partial charge >= 0.3 is 307 Å². The molecule has 5 rings (SSSR count). The minimum absolute atomic E-state index is 0.117. The Labute approximate surface area is 306 Å². The van der Waals surface area contributed by atoms with Crippen molar-refractivity contribution in [1.82, 2.24) is 0 Å². The number of hydrogen-bond acceptors (Lipinski definition) is 1. The van der Waals surface area contributed by atoms with Gasteiger partial charge in [-0.15, -0.1) is 0 Å². The van der Waals surface area contributed by atoms with Gasteiger partial charge in [-0.25, -0.2) is 0 Å². The van der Waals surface area contributed by atoms with Crippen molar-refractivity contribution in [2.75, 3.05) is 3.52 Å². The standard InChI is InChI=1S/C46H57GeNSi/c1-10-47-48(49(34(4)5,35(6)7)36(8)9)46-42(44(37-23-15-11-16-24-37)38-25-17-12-18-26-38)31-41(33(2)3)32-43(46)45(39-27-19-13-20-28-39)40-29-21-14-22-30-40/h11-36,44-45H,10H2,1-9H3. The van der Waals surface area contributed by atoms with Crippen molar-refractivity contribution in [3.8, 4) is 0 Å². The van der Waals surface area contributed by atoms with E-state index >= 15 is 0 Å². The van der Waals surface area contributed by atoms with E-state index in [0.29, 0.717) is 22.5 Å². The molecule has 0 saturated carbocycles. The summed E-state index contributed by atoms with van der Waals surface area (Å²) in [7, 11) is -2.13. The van der Waals surface area contributed by atoms with E-state index in [1.54, 1.807) is 0 Å². The normalized spacial score (nSPS) is 12.2. The van der Waals surface area contributed by atoms with Crippen molar-refractivity contribution in [3.05, 3.63) is 172 Å². The molecule has 0 N–H and O–H groups in total. The Hall–Kier alpha value is -3.34. The number of benzene rings is 5. The quantitative estimate of drug-likeness (QED) is 0.0814. The van der Waals surface area contributed by atoms with Crippen LogP contribution in [-0.4, -0.2) is 23.9 Å². The first-order valence-electron chi connectivity index (χ1n) is 18.5. The van der Waals surface area contributed by atoms with Crippen LogP contribution in [0.25, 0.3) is 0 Å². The molecule has 5 aromatic rings. The molecule has 0 aliphatic rings. The number of nitrogens with zero attached hydrogens (tertiary/aromatic N) is 1. The van der Waals surface area contributed by atoms with Gasteiger partial charge in [-0.05, 0) is 0 Å². The molecule has 0 amide bonds. The molecule has 0 spiro atoms. The van der Waals surface area contributed by atoms with Crippen LogP contribution in [0.4, 0.5) is 5.69 Å². The summed E-state index contributed by atoms with van der Waals surface area (Å²) in [5, 5.41) is 1.23. The monoisotopic (exact) mass is 725 g/mol. The molecule has 0 fully saturated rings. The molecular weight excluding hydrogens is 667 g/mol. The molecule has 254 valence electrons. The molecular formula is C46H57GeNSi. The van der Waals surface area contributed by atoms with E-state index in [0.717, 1.165) is 0 Å². The molecule has 1 nitrogen and oxygen atoms in total. The van der Waals surface area contributed by atoms with Crippen LogP contribution >= 0.6 is 0 Å². The SMILES string of the molecule is C[CH2][Ge][N](c1c(C(c2ccccc2)c2ccccc2)cc(C(C)C)cc1C(c1ccccc1)c1ccccc1)[Si](C(C)C)(C(C)C)C(C)C. The fourth-order valence-electron chi connectivity index (χ4n) is 8.76. The van der Waals surface area contributed by atoms with Gasteiger partial charge in [0.25, 0.3) is 0 Å². The van der Waals surface area contributed by atoms with Gasteiger partial charge in [0, 0.05) is 0 Å². The van der Waals surface area contributed by atoms with Gasteiger partial charge in [0.1, 0.15) is 0 Å². The number of rotatable bonds is 14. The molecule has 0 unspecified atom stereocenters. The van der Waals surface area contributed by atoms with E-state index in [-0.39, 0.29) is 11.8 Å². The average Bonchev–Trinajstić information content (AvgIpc) is 3.10. The molecule has 0 aliphatic carbocycles. The number of anilines is 1. The summed E-state index contributed by atoms with van der Waals surface area (Å²) in [6, 6.07) is 50.5. The summed E-state index contributed by atoms with van der Waals surface area (Å²) in [6.07, 6.45) is 0. The molecule has 0 atom stereocenters. The Morgan fingerprint density at radius 3 is 1.02 bits per heavy atom. The third-order valence-corrected chi connectivity index (χ3v) is 22.3. The van der Waals surface area contributed by atoms with Crippen LogP contribution in [0.5, 0.6) is 0 Å². The average molecular weight is 725 g/mol. The van der Waals surface area contributed by atoms with E-state index in [1.807, 2.05) is 0 Å². The van der Waals surface area contributed by atoms with Crippen molar-refractivity contribution in [3.63, 3.8) is 0 Å². The maximum absolute atomic E-state index is 3.18. The summed E-state index contributed by atoms with van der Waals surface area (Å²) in [6.45, 7) is 22.4. The summed E-state index contributed by atoms with van der Waals surface area (Å²) in [5.74, 6) is 0.626. The Bertz CT molecular complexity index is 1530.